The van der Waals surface area contributed by atoms with Crippen LogP contribution in [0.25, 0.3) is 0 Å². The number of benzene rings is 1. The van der Waals surface area contributed by atoms with E-state index < -0.39 is 11.3 Å². The van der Waals surface area contributed by atoms with Crippen molar-refractivity contribution >= 4 is 52.3 Å². The van der Waals surface area contributed by atoms with Gasteiger partial charge in [0.1, 0.15) is 5.38 Å². The molecule has 76 valence electrons. The van der Waals surface area contributed by atoms with Crippen molar-refractivity contribution in [2.45, 2.75) is 5.38 Å². The quantitative estimate of drug-likeness (QED) is 0.651. The third kappa shape index (κ3) is 2.45. The Bertz CT molecular complexity index is 380. The number of amides is 1. The summed E-state index contributed by atoms with van der Waals surface area (Å²) in [5.74, 6) is -0.688. The highest BCUT2D eigenvalue weighted by Crippen LogP contribution is 2.34. The minimum Gasteiger partial charge on any atom is -0.368 e. The minimum absolute atomic E-state index is 0.262. The van der Waals surface area contributed by atoms with E-state index in [0.717, 1.165) is 0 Å². The van der Waals surface area contributed by atoms with E-state index in [1.165, 1.54) is 12.1 Å². The van der Waals surface area contributed by atoms with E-state index in [-0.39, 0.29) is 10.0 Å². The normalized spacial score (nSPS) is 12.6. The zero-order valence-electron chi connectivity index (χ0n) is 6.73. The van der Waals surface area contributed by atoms with Crippen molar-refractivity contribution in [3.05, 3.63) is 32.8 Å². The van der Waals surface area contributed by atoms with E-state index >= 15 is 0 Å². The smallest absolute Gasteiger partial charge is 0.240 e. The minimum atomic E-state index is -1.00. The zero-order valence-corrected chi connectivity index (χ0v) is 9.75. The van der Waals surface area contributed by atoms with Crippen LogP contribution in [-0.4, -0.2) is 5.91 Å². The van der Waals surface area contributed by atoms with Crippen molar-refractivity contribution in [2.24, 2.45) is 5.73 Å². The average molecular weight is 273 g/mol. The molecule has 0 aliphatic rings. The van der Waals surface area contributed by atoms with Crippen molar-refractivity contribution in [1.82, 2.24) is 0 Å². The summed E-state index contributed by atoms with van der Waals surface area (Å²) in [6.07, 6.45) is 0. The summed E-state index contributed by atoms with van der Waals surface area (Å²) >= 11 is 22.9. The highest BCUT2D eigenvalue weighted by Gasteiger charge is 2.18. The van der Waals surface area contributed by atoms with Gasteiger partial charge in [-0.3, -0.25) is 4.79 Å². The van der Waals surface area contributed by atoms with Crippen LogP contribution in [0.2, 0.25) is 15.1 Å². The molecule has 0 aliphatic carbocycles. The molecule has 14 heavy (non-hydrogen) atoms. The lowest BCUT2D eigenvalue weighted by Gasteiger charge is -2.09. The fourth-order valence-corrected chi connectivity index (χ4v) is 1.79. The molecule has 0 bridgehead atoms. The van der Waals surface area contributed by atoms with Crippen molar-refractivity contribution in [3.8, 4) is 0 Å². The molecule has 2 nitrogen and oxygen atoms in total. The van der Waals surface area contributed by atoms with Crippen LogP contribution in [0.5, 0.6) is 0 Å². The summed E-state index contributed by atoms with van der Waals surface area (Å²) in [5.41, 5.74) is 5.38. The van der Waals surface area contributed by atoms with Crippen LogP contribution in [0, 0.1) is 0 Å². The van der Waals surface area contributed by atoms with E-state index in [2.05, 4.69) is 0 Å². The number of nitrogens with two attached hydrogens (primary N) is 1. The second kappa shape index (κ2) is 4.58. The predicted molar refractivity (Wildman–Crippen MR) is 59.3 cm³/mol. The Kier molecular flexibility index (Phi) is 3.90. The SMILES string of the molecule is NC(=O)C(Cl)c1cc(Cl)c(Cl)cc1Cl. The fourth-order valence-electron chi connectivity index (χ4n) is 0.885. The molecule has 0 fully saturated rings. The molecule has 1 aromatic rings. The number of halogens is 4. The monoisotopic (exact) mass is 271 g/mol. The number of carbonyl (C=O) groups is 1. The Balaban J connectivity index is 3.22. The van der Waals surface area contributed by atoms with Crippen molar-refractivity contribution in [1.29, 1.82) is 0 Å². The first kappa shape index (κ1) is 11.9. The molecule has 2 N–H and O–H groups in total. The molecule has 0 saturated heterocycles. The maximum atomic E-state index is 10.8. The maximum Gasteiger partial charge on any atom is 0.240 e. The average Bonchev–Trinajstić information content (AvgIpc) is 2.10. The van der Waals surface area contributed by atoms with Crippen LogP contribution >= 0.6 is 46.4 Å². The summed E-state index contributed by atoms with van der Waals surface area (Å²) in [6.45, 7) is 0. The molecule has 0 aromatic heterocycles. The summed E-state index contributed by atoms with van der Waals surface area (Å²) in [5, 5.41) is -0.165. The summed E-state index contributed by atoms with van der Waals surface area (Å²) in [4.78, 5) is 10.8. The molecule has 0 radical (unpaired) electrons. The number of alkyl halides is 1. The van der Waals surface area contributed by atoms with E-state index in [1.54, 1.807) is 0 Å². The molecule has 0 heterocycles. The van der Waals surface area contributed by atoms with Gasteiger partial charge in [-0.25, -0.2) is 0 Å². The standard InChI is InChI=1S/C8H5Cl4NO/c9-4-2-6(11)5(10)1-3(4)7(12)8(13)14/h1-2,7H,(H2,13,14). The number of carbonyl (C=O) groups excluding carboxylic acids is 1. The number of hydrogen-bond acceptors (Lipinski definition) is 1. The summed E-state index contributed by atoms with van der Waals surface area (Å²) < 4.78 is 0. The first-order valence-corrected chi connectivity index (χ1v) is 5.08. The van der Waals surface area contributed by atoms with E-state index in [9.17, 15) is 4.79 Å². The van der Waals surface area contributed by atoms with E-state index in [1.807, 2.05) is 0 Å². The van der Waals surface area contributed by atoms with Crippen LogP contribution in [0.1, 0.15) is 10.9 Å². The van der Waals surface area contributed by atoms with Crippen LogP contribution in [0.15, 0.2) is 12.1 Å². The largest absolute Gasteiger partial charge is 0.368 e. The summed E-state index contributed by atoms with van der Waals surface area (Å²) in [6, 6.07) is 2.84. The van der Waals surface area contributed by atoms with E-state index in [4.69, 9.17) is 52.1 Å². The summed E-state index contributed by atoms with van der Waals surface area (Å²) in [7, 11) is 0. The molecule has 1 unspecified atom stereocenters. The molecule has 0 spiro atoms. The third-order valence-electron chi connectivity index (χ3n) is 1.56. The molecular weight excluding hydrogens is 268 g/mol. The van der Waals surface area contributed by atoms with Gasteiger partial charge in [0.15, 0.2) is 0 Å². The molecule has 6 heteroatoms. The molecule has 1 amide bonds. The Labute approximate surface area is 101 Å². The highest BCUT2D eigenvalue weighted by molar-refractivity contribution is 6.44. The highest BCUT2D eigenvalue weighted by atomic mass is 35.5. The first-order chi connectivity index (χ1) is 6.43. The number of hydrogen-bond donors (Lipinski definition) is 1. The van der Waals surface area contributed by atoms with Crippen molar-refractivity contribution in [3.63, 3.8) is 0 Å². The van der Waals surface area contributed by atoms with Gasteiger partial charge in [0.05, 0.1) is 10.0 Å². The molecule has 0 saturated carbocycles. The van der Waals surface area contributed by atoms with E-state index in [0.29, 0.717) is 10.6 Å². The Morgan fingerprint density at radius 3 is 2.14 bits per heavy atom. The molecule has 1 rings (SSSR count). The topological polar surface area (TPSA) is 43.1 Å². The van der Waals surface area contributed by atoms with Gasteiger partial charge in [-0.05, 0) is 17.7 Å². The Hall–Kier alpha value is -0.150. The van der Waals surface area contributed by atoms with Gasteiger partial charge in [0, 0.05) is 5.02 Å². The van der Waals surface area contributed by atoms with Crippen LogP contribution in [0.3, 0.4) is 0 Å². The lowest BCUT2D eigenvalue weighted by Crippen LogP contribution is -2.17. The van der Waals surface area contributed by atoms with Gasteiger partial charge in [-0.15, -0.1) is 11.6 Å². The van der Waals surface area contributed by atoms with Crippen LogP contribution in [-0.2, 0) is 4.79 Å². The molecular formula is C8H5Cl4NO. The molecule has 0 aliphatic heterocycles. The van der Waals surface area contributed by atoms with Crippen LogP contribution in [0.4, 0.5) is 0 Å². The van der Waals surface area contributed by atoms with Crippen molar-refractivity contribution in [2.75, 3.05) is 0 Å². The second-order valence-electron chi connectivity index (χ2n) is 2.55. The Morgan fingerprint density at radius 2 is 1.64 bits per heavy atom. The second-order valence-corrected chi connectivity index (χ2v) is 4.21. The van der Waals surface area contributed by atoms with Gasteiger partial charge < -0.3 is 5.73 Å². The Morgan fingerprint density at radius 1 is 1.14 bits per heavy atom. The molecule has 1 atom stereocenters. The van der Waals surface area contributed by atoms with Gasteiger partial charge >= 0.3 is 0 Å². The number of primary amides is 1. The molecule has 1 aromatic carbocycles. The number of rotatable bonds is 2. The van der Waals surface area contributed by atoms with Gasteiger partial charge in [-0.2, -0.15) is 0 Å². The lowest BCUT2D eigenvalue weighted by molar-refractivity contribution is -0.117. The van der Waals surface area contributed by atoms with Crippen molar-refractivity contribution < 1.29 is 4.79 Å². The first-order valence-electron chi connectivity index (χ1n) is 3.51. The predicted octanol–water partition coefficient (Wildman–Crippen LogP) is 3.41. The third-order valence-corrected chi connectivity index (χ3v) is 3.06. The van der Waals surface area contributed by atoms with Gasteiger partial charge in [0.2, 0.25) is 5.91 Å². The van der Waals surface area contributed by atoms with Crippen LogP contribution < -0.4 is 5.73 Å². The fraction of sp³-hybridized carbons (Fsp3) is 0.125. The zero-order chi connectivity index (χ0) is 10.9. The van der Waals surface area contributed by atoms with Gasteiger partial charge in [-0.1, -0.05) is 34.8 Å². The van der Waals surface area contributed by atoms with Gasteiger partial charge in [0.25, 0.3) is 0 Å². The maximum absolute atomic E-state index is 10.8. The lowest BCUT2D eigenvalue weighted by atomic mass is 10.1.